The molecule has 0 bridgehead atoms. The average molecular weight is 421 g/mol. The molecule has 3 rings (SSSR count). The molecule has 1 heterocycles. The predicted molar refractivity (Wildman–Crippen MR) is 102 cm³/mol. The van der Waals surface area contributed by atoms with Crippen LogP contribution in [0.25, 0.3) is 11.3 Å². The molecule has 0 spiro atoms. The summed E-state index contributed by atoms with van der Waals surface area (Å²) in [5, 5.41) is 8.28. The zero-order valence-corrected chi connectivity index (χ0v) is 15.9. The predicted octanol–water partition coefficient (Wildman–Crippen LogP) is 4.28. The molecule has 130 valence electrons. The van der Waals surface area contributed by atoms with Gasteiger partial charge in [0.2, 0.25) is 10.0 Å². The monoisotopic (exact) mass is 420 g/mol. The molecule has 25 heavy (non-hydrogen) atoms. The molecule has 0 aliphatic rings. The number of hydrogen-bond acceptors (Lipinski definition) is 4. The zero-order valence-electron chi connectivity index (χ0n) is 13.5. The number of benzene rings is 2. The first-order chi connectivity index (χ1) is 11.8. The van der Waals surface area contributed by atoms with Gasteiger partial charge in [-0.2, -0.15) is 0 Å². The van der Waals surface area contributed by atoms with E-state index in [2.05, 4.69) is 21.2 Å². The van der Waals surface area contributed by atoms with Gasteiger partial charge in [0.1, 0.15) is 11.5 Å². The Balaban J connectivity index is 1.70. The van der Waals surface area contributed by atoms with Gasteiger partial charge < -0.3 is 9.73 Å². The SMILES string of the molecule is Cc1cc(Br)ccc1-c1ccc(CNc2ccc(S(N)(=O)=O)cc2)o1. The summed E-state index contributed by atoms with van der Waals surface area (Å²) < 4.78 is 29.4. The van der Waals surface area contributed by atoms with Gasteiger partial charge in [0.05, 0.1) is 11.4 Å². The van der Waals surface area contributed by atoms with E-state index in [9.17, 15) is 8.42 Å². The summed E-state index contributed by atoms with van der Waals surface area (Å²) >= 11 is 3.46. The Hall–Kier alpha value is -2.09. The van der Waals surface area contributed by atoms with Crippen molar-refractivity contribution in [3.63, 3.8) is 0 Å². The molecule has 0 radical (unpaired) electrons. The summed E-state index contributed by atoms with van der Waals surface area (Å²) in [7, 11) is -3.67. The highest BCUT2D eigenvalue weighted by atomic mass is 79.9. The number of aryl methyl sites for hydroxylation is 1. The molecule has 3 aromatic rings. The van der Waals surface area contributed by atoms with Crippen LogP contribution in [-0.4, -0.2) is 8.42 Å². The Morgan fingerprint density at radius 1 is 1.08 bits per heavy atom. The van der Waals surface area contributed by atoms with Crippen LogP contribution in [0.2, 0.25) is 0 Å². The van der Waals surface area contributed by atoms with E-state index in [1.807, 2.05) is 37.3 Å². The van der Waals surface area contributed by atoms with Gasteiger partial charge >= 0.3 is 0 Å². The van der Waals surface area contributed by atoms with Crippen molar-refractivity contribution in [2.75, 3.05) is 5.32 Å². The van der Waals surface area contributed by atoms with Crippen molar-refractivity contribution in [2.24, 2.45) is 5.14 Å². The smallest absolute Gasteiger partial charge is 0.238 e. The summed E-state index contributed by atoms with van der Waals surface area (Å²) in [6.45, 7) is 2.53. The first-order valence-corrected chi connectivity index (χ1v) is 9.89. The van der Waals surface area contributed by atoms with Crippen molar-refractivity contribution in [1.82, 2.24) is 0 Å². The first-order valence-electron chi connectivity index (χ1n) is 7.55. The largest absolute Gasteiger partial charge is 0.459 e. The van der Waals surface area contributed by atoms with E-state index < -0.39 is 10.0 Å². The Morgan fingerprint density at radius 3 is 2.44 bits per heavy atom. The maximum Gasteiger partial charge on any atom is 0.238 e. The molecule has 2 aromatic carbocycles. The third-order valence-electron chi connectivity index (χ3n) is 3.77. The number of rotatable bonds is 5. The lowest BCUT2D eigenvalue weighted by atomic mass is 10.1. The molecule has 0 aliphatic carbocycles. The maximum atomic E-state index is 11.2. The Labute approximate surface area is 155 Å². The van der Waals surface area contributed by atoms with Crippen molar-refractivity contribution in [3.05, 3.63) is 70.4 Å². The van der Waals surface area contributed by atoms with Crippen LogP contribution in [0.5, 0.6) is 0 Å². The topological polar surface area (TPSA) is 85.3 Å². The molecule has 0 amide bonds. The fourth-order valence-electron chi connectivity index (χ4n) is 2.47. The number of anilines is 1. The molecule has 7 heteroatoms. The molecule has 3 N–H and O–H groups in total. The van der Waals surface area contributed by atoms with E-state index in [-0.39, 0.29) is 4.90 Å². The molecule has 0 saturated heterocycles. The van der Waals surface area contributed by atoms with E-state index >= 15 is 0 Å². The van der Waals surface area contributed by atoms with Crippen LogP contribution in [0, 0.1) is 6.92 Å². The van der Waals surface area contributed by atoms with Gasteiger partial charge in [-0.1, -0.05) is 15.9 Å². The molecule has 0 atom stereocenters. The molecule has 0 fully saturated rings. The lowest BCUT2D eigenvalue weighted by Gasteiger charge is -2.06. The lowest BCUT2D eigenvalue weighted by molar-refractivity contribution is 0.531. The normalized spacial score (nSPS) is 11.5. The number of hydrogen-bond donors (Lipinski definition) is 2. The highest BCUT2D eigenvalue weighted by molar-refractivity contribution is 9.10. The standard InChI is InChI=1S/C18H17BrN2O3S/c1-12-10-13(19)2-8-17(12)18-9-5-15(24-18)11-21-14-3-6-16(7-4-14)25(20,22)23/h2-10,21H,11H2,1H3,(H2,20,22,23). The van der Waals surface area contributed by atoms with Gasteiger partial charge in [0, 0.05) is 15.7 Å². The average Bonchev–Trinajstić information content (AvgIpc) is 3.01. The number of halogens is 1. The molecule has 0 unspecified atom stereocenters. The second-order valence-corrected chi connectivity index (χ2v) is 8.13. The van der Waals surface area contributed by atoms with E-state index in [0.29, 0.717) is 6.54 Å². The van der Waals surface area contributed by atoms with Gasteiger partial charge in [-0.3, -0.25) is 0 Å². The Morgan fingerprint density at radius 2 is 1.80 bits per heavy atom. The summed E-state index contributed by atoms with van der Waals surface area (Å²) in [6, 6.07) is 16.2. The fraction of sp³-hybridized carbons (Fsp3) is 0.111. The minimum absolute atomic E-state index is 0.0871. The number of nitrogens with one attached hydrogen (secondary N) is 1. The van der Waals surface area contributed by atoms with E-state index in [4.69, 9.17) is 9.56 Å². The molecular weight excluding hydrogens is 404 g/mol. The molecule has 0 saturated carbocycles. The van der Waals surface area contributed by atoms with E-state index in [1.54, 1.807) is 12.1 Å². The molecule has 1 aromatic heterocycles. The van der Waals surface area contributed by atoms with E-state index in [1.165, 1.54) is 12.1 Å². The van der Waals surface area contributed by atoms with Crippen LogP contribution in [-0.2, 0) is 16.6 Å². The quantitative estimate of drug-likeness (QED) is 0.644. The second-order valence-electron chi connectivity index (χ2n) is 5.65. The molecule has 5 nitrogen and oxygen atoms in total. The highest BCUT2D eigenvalue weighted by Crippen LogP contribution is 2.28. The first kappa shape index (κ1) is 17.7. The Bertz CT molecular complexity index is 995. The van der Waals surface area contributed by atoms with Gasteiger partial charge in [0.15, 0.2) is 0 Å². The summed E-state index contributed by atoms with van der Waals surface area (Å²) in [4.78, 5) is 0.0871. The van der Waals surface area contributed by atoms with Crippen LogP contribution in [0.3, 0.4) is 0 Å². The number of sulfonamides is 1. The molecule has 0 aliphatic heterocycles. The van der Waals surface area contributed by atoms with Crippen molar-refractivity contribution >= 4 is 31.6 Å². The van der Waals surface area contributed by atoms with Crippen LogP contribution < -0.4 is 10.5 Å². The number of nitrogens with two attached hydrogens (primary N) is 1. The van der Waals surface area contributed by atoms with Crippen molar-refractivity contribution in [3.8, 4) is 11.3 Å². The summed E-state index contributed by atoms with van der Waals surface area (Å²) in [6.07, 6.45) is 0. The van der Waals surface area contributed by atoms with Gasteiger partial charge in [-0.05, 0) is 67.1 Å². The van der Waals surface area contributed by atoms with Gasteiger partial charge in [-0.15, -0.1) is 0 Å². The minimum atomic E-state index is -3.67. The third kappa shape index (κ3) is 4.31. The summed E-state index contributed by atoms with van der Waals surface area (Å²) in [5.41, 5.74) is 2.96. The molecular formula is C18H17BrN2O3S. The summed E-state index contributed by atoms with van der Waals surface area (Å²) in [5.74, 6) is 1.60. The van der Waals surface area contributed by atoms with Crippen LogP contribution in [0.15, 0.2) is 68.4 Å². The zero-order chi connectivity index (χ0) is 18.0. The Kier molecular flexibility index (Phi) is 4.99. The maximum absolute atomic E-state index is 11.2. The fourth-order valence-corrected chi connectivity index (χ4v) is 3.46. The highest BCUT2D eigenvalue weighted by Gasteiger charge is 2.09. The second kappa shape index (κ2) is 7.03. The van der Waals surface area contributed by atoms with Crippen molar-refractivity contribution in [1.29, 1.82) is 0 Å². The van der Waals surface area contributed by atoms with Crippen molar-refractivity contribution < 1.29 is 12.8 Å². The van der Waals surface area contributed by atoms with Gasteiger partial charge in [-0.25, -0.2) is 13.6 Å². The van der Waals surface area contributed by atoms with Crippen LogP contribution in [0.4, 0.5) is 5.69 Å². The van der Waals surface area contributed by atoms with Crippen LogP contribution in [0.1, 0.15) is 11.3 Å². The van der Waals surface area contributed by atoms with Crippen molar-refractivity contribution in [2.45, 2.75) is 18.4 Å². The number of primary sulfonamides is 1. The minimum Gasteiger partial charge on any atom is -0.459 e. The van der Waals surface area contributed by atoms with Crippen LogP contribution >= 0.6 is 15.9 Å². The number of furan rings is 1. The van der Waals surface area contributed by atoms with E-state index in [0.717, 1.165) is 32.8 Å². The third-order valence-corrected chi connectivity index (χ3v) is 5.19. The van der Waals surface area contributed by atoms with Gasteiger partial charge in [0.25, 0.3) is 0 Å². The lowest BCUT2D eigenvalue weighted by Crippen LogP contribution is -2.11.